The van der Waals surface area contributed by atoms with Crippen LogP contribution in [0, 0.1) is 0 Å². The quantitative estimate of drug-likeness (QED) is 0.0162. The minimum Gasteiger partial charge on any atom is -0.508 e. The molecule has 3 atom stereocenters. The summed E-state index contributed by atoms with van der Waals surface area (Å²) in [6.45, 7) is 28.5. The number of ether oxygens (including phenoxy) is 8. The summed E-state index contributed by atoms with van der Waals surface area (Å²) in [5.74, 6) is 5.85. The Morgan fingerprint density at radius 2 is 0.849 bits per heavy atom. The highest BCUT2D eigenvalue weighted by Crippen LogP contribution is 2.38. The molecule has 3 unspecified atom stereocenters. The third kappa shape index (κ3) is 26.3. The van der Waals surface area contributed by atoms with Gasteiger partial charge in [0, 0.05) is 128 Å². The standard InChI is InChI=1S/C24H30N2O4Si.C24H28N2O4Si.C15H22N2O2Si.C9H9BrO2.C9H9BrO.B/c2*1-31(2,3)13-12-28-17-26-23(10-11-25-26)18-4-7-20(8-5-18)29-21-9-6-19-14-22(16-27)30-24(19)15-21;1-20(2,3)11-10-19-12-17-15(8-9-16-17)13-4-6-14(18)7-5-13;10-7-2-1-6-3-8(5-11)12-9(6)4-7;1-2-3-7-4-5-8(10)6-9(7)11;/h4-11,15,22,27H,12-14,16-17H2,1-3H3;4-11,15-16,22H,12-14,17H2,1-3H3;4-9,18H,10-12H2,1-3H3;1-2,4,8,11H,3,5H2;2,4-6,11H,1,3H2;. The van der Waals surface area contributed by atoms with Crippen LogP contribution in [0.4, 0.5) is 0 Å². The maximum Gasteiger partial charge on any atom is 0.160 e. The van der Waals surface area contributed by atoms with Crippen LogP contribution in [0.5, 0.6) is 51.7 Å². The topological polar surface area (TPSA) is 225 Å². The highest BCUT2D eigenvalue weighted by Gasteiger charge is 2.26. The van der Waals surface area contributed by atoms with Gasteiger partial charge in [-0.15, -0.1) is 6.58 Å². The van der Waals surface area contributed by atoms with Crippen LogP contribution in [0.3, 0.4) is 0 Å². The van der Waals surface area contributed by atoms with Crippen molar-refractivity contribution >= 4 is 70.8 Å². The Bertz CT molecular complexity index is 4390. The van der Waals surface area contributed by atoms with Crippen LogP contribution in [-0.2, 0) is 64.9 Å². The van der Waals surface area contributed by atoms with Gasteiger partial charge in [-0.3, -0.25) is 4.79 Å². The van der Waals surface area contributed by atoms with E-state index in [2.05, 4.69) is 113 Å². The first-order valence-corrected chi connectivity index (χ1v) is 48.0. The number of carbonyl (C=O) groups excluding carboxylic acids is 1. The zero-order valence-electron chi connectivity index (χ0n) is 62.0. The van der Waals surface area contributed by atoms with Crippen molar-refractivity contribution < 1.29 is 63.1 Å². The Morgan fingerprint density at radius 3 is 1.25 bits per heavy atom. The normalized spacial score (nSPS) is 14.6. The largest absolute Gasteiger partial charge is 0.508 e. The molecule has 0 fully saturated rings. The van der Waals surface area contributed by atoms with Gasteiger partial charge in [-0.1, -0.05) is 121 Å². The molecule has 6 heterocycles. The van der Waals surface area contributed by atoms with Gasteiger partial charge >= 0.3 is 0 Å². The molecule has 4 N–H and O–H groups in total. The number of allylic oxidation sites excluding steroid dienone is 1. The first kappa shape index (κ1) is 83.3. The molecule has 10 aromatic rings. The number of phenols is 2. The molecular formula is C81H98BBr2N6O13Si3. The fourth-order valence-corrected chi connectivity index (χ4v) is 13.9. The summed E-state index contributed by atoms with van der Waals surface area (Å²) in [7, 11) is -3.24. The van der Waals surface area contributed by atoms with E-state index in [-0.39, 0.29) is 39.6 Å². The lowest BCUT2D eigenvalue weighted by Crippen LogP contribution is -2.22. The van der Waals surface area contributed by atoms with Crippen molar-refractivity contribution in [1.82, 2.24) is 29.3 Å². The molecule has 7 aromatic carbocycles. The SMILES string of the molecule is C=CCc1ccc(Br)cc1O.C[Si](C)(C)CCOCn1nccc1-c1ccc(O)cc1.C[Si](C)(C)CCOCn1nccc1-c1ccc(Oc2ccc3c(c2)OC(C=O)C3)cc1.C[Si](C)(C)CCOCn1nccc1-c1ccc(Oc2ccc3c(c2)OC(CO)C3)cc1.OCC1Cc2ccc(Br)cc2O1.[B]. The van der Waals surface area contributed by atoms with Crippen LogP contribution < -0.4 is 23.7 Å². The van der Waals surface area contributed by atoms with Crippen molar-refractivity contribution in [2.75, 3.05) is 33.0 Å². The third-order valence-corrected chi connectivity index (χ3v) is 23.1. The fourth-order valence-electron chi connectivity index (χ4n) is 11.0. The van der Waals surface area contributed by atoms with Crippen LogP contribution in [0.25, 0.3) is 33.8 Å². The second-order valence-corrected chi connectivity index (χ2v) is 48.0. The number of nitrogens with zero attached hydrogens (tertiary/aromatic N) is 6. The Hall–Kier alpha value is -8.34. The van der Waals surface area contributed by atoms with Crippen molar-refractivity contribution in [2.24, 2.45) is 0 Å². The van der Waals surface area contributed by atoms with Crippen LogP contribution in [0.1, 0.15) is 22.3 Å². The summed E-state index contributed by atoms with van der Waals surface area (Å²) in [6.07, 6.45) is 10.2. The molecule has 3 aliphatic heterocycles. The summed E-state index contributed by atoms with van der Waals surface area (Å²) in [4.78, 5) is 10.9. The molecular weight excluding hydrogens is 1520 g/mol. The molecule has 0 saturated carbocycles. The highest BCUT2D eigenvalue weighted by atomic mass is 79.9. The van der Waals surface area contributed by atoms with Crippen LogP contribution in [0.2, 0.25) is 77.1 Å². The number of phenolic OH excluding ortho intramolecular Hbond substituents is 2. The molecule has 13 rings (SSSR count). The fraction of sp³-hybridized carbons (Fsp3) is 0.333. The van der Waals surface area contributed by atoms with Gasteiger partial charge in [-0.2, -0.15) is 15.3 Å². The molecule has 0 saturated heterocycles. The number of aldehydes is 1. The van der Waals surface area contributed by atoms with Gasteiger partial charge < -0.3 is 58.3 Å². The lowest BCUT2D eigenvalue weighted by atomic mass is 10.1. The summed E-state index contributed by atoms with van der Waals surface area (Å²) in [5.41, 5.74) is 10.4. The van der Waals surface area contributed by atoms with Gasteiger partial charge in [-0.25, -0.2) is 14.0 Å². The zero-order chi connectivity index (χ0) is 75.1. The maximum atomic E-state index is 10.9. The van der Waals surface area contributed by atoms with E-state index in [1.807, 2.05) is 160 Å². The third-order valence-electron chi connectivity index (χ3n) is 17.0. The van der Waals surface area contributed by atoms with E-state index in [4.69, 9.17) is 43.0 Å². The van der Waals surface area contributed by atoms with E-state index in [1.165, 1.54) is 5.56 Å². The van der Waals surface area contributed by atoms with Crippen molar-refractivity contribution in [3.63, 3.8) is 0 Å². The van der Waals surface area contributed by atoms with Crippen molar-refractivity contribution in [3.05, 3.63) is 226 Å². The number of fused-ring (bicyclic) bond motifs is 3. The lowest BCUT2D eigenvalue weighted by Gasteiger charge is -2.16. The Morgan fingerprint density at radius 1 is 0.481 bits per heavy atom. The number of carbonyl (C=O) groups is 1. The summed E-state index contributed by atoms with van der Waals surface area (Å²) in [5, 5.41) is 49.9. The lowest BCUT2D eigenvalue weighted by molar-refractivity contribution is -0.113. The van der Waals surface area contributed by atoms with Gasteiger partial charge in [0.1, 0.15) is 84.1 Å². The van der Waals surface area contributed by atoms with Crippen LogP contribution in [0.15, 0.2) is 204 Å². The molecule has 19 nitrogen and oxygen atoms in total. The smallest absolute Gasteiger partial charge is 0.160 e. The summed E-state index contributed by atoms with van der Waals surface area (Å²) < 4.78 is 53.7. The summed E-state index contributed by atoms with van der Waals surface area (Å²) in [6, 6.07) is 55.2. The monoisotopic (exact) mass is 1620 g/mol. The number of aliphatic hydroxyl groups excluding tert-OH is 2. The van der Waals surface area contributed by atoms with Gasteiger partial charge in [0.05, 0.1) is 30.3 Å². The van der Waals surface area contributed by atoms with E-state index in [0.717, 1.165) is 139 Å². The first-order valence-electron chi connectivity index (χ1n) is 35.3. The molecule has 3 aromatic heterocycles. The predicted octanol–water partition coefficient (Wildman–Crippen LogP) is 17.9. The van der Waals surface area contributed by atoms with E-state index in [1.54, 1.807) is 42.9 Å². The zero-order valence-corrected chi connectivity index (χ0v) is 68.2. The second-order valence-electron chi connectivity index (χ2n) is 29.3. The predicted molar refractivity (Wildman–Crippen MR) is 434 cm³/mol. The molecule has 0 amide bonds. The van der Waals surface area contributed by atoms with Gasteiger partial charge in [0.25, 0.3) is 0 Å². The first-order chi connectivity index (χ1) is 50.3. The Balaban J connectivity index is 0.000000176. The van der Waals surface area contributed by atoms with Crippen molar-refractivity contribution in [1.29, 1.82) is 0 Å². The van der Waals surface area contributed by atoms with Gasteiger partial charge in [-0.05, 0) is 174 Å². The number of halogens is 2. The molecule has 559 valence electrons. The summed E-state index contributed by atoms with van der Waals surface area (Å²) >= 11 is 6.63. The molecule has 3 radical (unpaired) electrons. The molecule has 106 heavy (non-hydrogen) atoms. The Labute approximate surface area is 644 Å². The van der Waals surface area contributed by atoms with Crippen LogP contribution in [-0.4, -0.2) is 140 Å². The molecule has 0 aliphatic carbocycles. The number of aromatic nitrogens is 6. The average molecular weight is 1620 g/mol. The minimum absolute atomic E-state index is 0. The number of aromatic hydroxyl groups is 2. The van der Waals surface area contributed by atoms with E-state index in [9.17, 15) is 20.1 Å². The maximum absolute atomic E-state index is 10.9. The van der Waals surface area contributed by atoms with Crippen molar-refractivity contribution in [2.45, 2.75) is 141 Å². The number of hydrogen-bond donors (Lipinski definition) is 4. The molecule has 0 bridgehead atoms. The number of hydrogen-bond acceptors (Lipinski definition) is 16. The second kappa shape index (κ2) is 40.0. The number of aliphatic hydroxyl groups is 2. The average Bonchev–Trinajstić information content (AvgIpc) is 1.64. The highest BCUT2D eigenvalue weighted by molar-refractivity contribution is 9.10. The number of rotatable bonds is 27. The molecule has 3 aliphatic rings. The Kier molecular flexibility index (Phi) is 31.4. The molecule has 0 spiro atoms. The number of benzene rings is 7. The van der Waals surface area contributed by atoms with Gasteiger partial charge in [0.15, 0.2) is 12.4 Å². The van der Waals surface area contributed by atoms with E-state index >= 15 is 0 Å². The minimum atomic E-state index is -1.10. The van der Waals surface area contributed by atoms with Crippen molar-refractivity contribution in [3.8, 4) is 85.5 Å². The molecule has 25 heteroatoms. The van der Waals surface area contributed by atoms with Gasteiger partial charge in [0.2, 0.25) is 0 Å². The van der Waals surface area contributed by atoms with E-state index < -0.39 is 30.3 Å². The van der Waals surface area contributed by atoms with Crippen LogP contribution >= 0.6 is 31.9 Å². The van der Waals surface area contributed by atoms with E-state index in [0.29, 0.717) is 56.0 Å².